The molecular formula is C9H7N5O2. The number of hydrogen-bond donors (Lipinski definition) is 1. The molecule has 0 fully saturated rings. The fourth-order valence-electron chi connectivity index (χ4n) is 1.18. The third-order valence-electron chi connectivity index (χ3n) is 1.87. The van der Waals surface area contributed by atoms with Gasteiger partial charge < -0.3 is 5.73 Å². The molecule has 7 nitrogen and oxygen atoms in total. The van der Waals surface area contributed by atoms with Gasteiger partial charge in [-0.1, -0.05) is 0 Å². The van der Waals surface area contributed by atoms with Gasteiger partial charge in [-0.2, -0.15) is 0 Å². The van der Waals surface area contributed by atoms with Crippen molar-refractivity contribution in [3.63, 3.8) is 0 Å². The molecular weight excluding hydrogens is 210 g/mol. The molecule has 0 saturated heterocycles. The summed E-state index contributed by atoms with van der Waals surface area (Å²) in [6.07, 6.45) is 4.20. The van der Waals surface area contributed by atoms with Crippen molar-refractivity contribution in [1.29, 1.82) is 0 Å². The summed E-state index contributed by atoms with van der Waals surface area (Å²) in [6, 6.07) is 2.83. The molecule has 2 rings (SSSR count). The molecule has 2 aromatic heterocycles. The molecule has 0 amide bonds. The lowest BCUT2D eigenvalue weighted by molar-refractivity contribution is -0.384. The average molecular weight is 217 g/mol. The lowest BCUT2D eigenvalue weighted by atomic mass is 10.3. The second-order valence-electron chi connectivity index (χ2n) is 2.97. The fraction of sp³-hybridized carbons (Fsp3) is 0. The SMILES string of the molecule is Nc1cnc(-c2ncccc2[N+](=O)[O-])nc1. The van der Waals surface area contributed by atoms with Gasteiger partial charge in [-0.15, -0.1) is 0 Å². The van der Waals surface area contributed by atoms with Crippen LogP contribution >= 0.6 is 0 Å². The Morgan fingerprint density at radius 1 is 1.25 bits per heavy atom. The Kier molecular flexibility index (Phi) is 2.42. The second-order valence-corrected chi connectivity index (χ2v) is 2.97. The summed E-state index contributed by atoms with van der Waals surface area (Å²) in [5.74, 6) is 0.182. The van der Waals surface area contributed by atoms with Crippen LogP contribution in [0.3, 0.4) is 0 Å². The highest BCUT2D eigenvalue weighted by molar-refractivity contribution is 5.62. The Labute approximate surface area is 90.1 Å². The molecule has 0 unspecified atom stereocenters. The minimum Gasteiger partial charge on any atom is -0.396 e. The van der Waals surface area contributed by atoms with Crippen LogP contribution in [0.4, 0.5) is 11.4 Å². The van der Waals surface area contributed by atoms with Crippen LogP contribution in [-0.2, 0) is 0 Å². The van der Waals surface area contributed by atoms with Gasteiger partial charge in [-0.25, -0.2) is 15.0 Å². The Bertz CT molecular complexity index is 526. The van der Waals surface area contributed by atoms with Crippen LogP contribution in [0.1, 0.15) is 0 Å². The smallest absolute Gasteiger partial charge is 0.298 e. The molecule has 0 aromatic carbocycles. The van der Waals surface area contributed by atoms with Crippen LogP contribution in [0.2, 0.25) is 0 Å². The maximum atomic E-state index is 10.7. The molecule has 0 bridgehead atoms. The number of nitrogens with two attached hydrogens (primary N) is 1. The van der Waals surface area contributed by atoms with Crippen LogP contribution in [0.5, 0.6) is 0 Å². The summed E-state index contributed by atoms with van der Waals surface area (Å²) in [4.78, 5) is 21.9. The molecule has 0 atom stereocenters. The predicted molar refractivity (Wildman–Crippen MR) is 56.3 cm³/mol. The van der Waals surface area contributed by atoms with E-state index in [9.17, 15) is 10.1 Å². The van der Waals surface area contributed by atoms with Crippen molar-refractivity contribution in [3.8, 4) is 11.5 Å². The predicted octanol–water partition coefficient (Wildman–Crippen LogP) is 1.03. The standard InChI is InChI=1S/C9H7N5O2/c10-6-4-12-9(13-5-6)8-7(14(15)16)2-1-3-11-8/h1-5H,10H2. The zero-order chi connectivity index (χ0) is 11.5. The van der Waals surface area contributed by atoms with Crippen molar-refractivity contribution in [1.82, 2.24) is 15.0 Å². The summed E-state index contributed by atoms with van der Waals surface area (Å²) in [7, 11) is 0. The first-order chi connectivity index (χ1) is 7.68. The van der Waals surface area contributed by atoms with Crippen LogP contribution in [0.25, 0.3) is 11.5 Å². The summed E-state index contributed by atoms with van der Waals surface area (Å²) >= 11 is 0. The van der Waals surface area contributed by atoms with Crippen molar-refractivity contribution < 1.29 is 4.92 Å². The fourth-order valence-corrected chi connectivity index (χ4v) is 1.18. The van der Waals surface area contributed by atoms with E-state index >= 15 is 0 Å². The van der Waals surface area contributed by atoms with Gasteiger partial charge in [0.2, 0.25) is 0 Å². The summed E-state index contributed by atoms with van der Waals surface area (Å²) in [5, 5.41) is 10.7. The average Bonchev–Trinajstić information content (AvgIpc) is 2.30. The quantitative estimate of drug-likeness (QED) is 0.594. The van der Waals surface area contributed by atoms with E-state index in [0.29, 0.717) is 5.69 Å². The molecule has 80 valence electrons. The van der Waals surface area contributed by atoms with Crippen LogP contribution in [0, 0.1) is 10.1 Å². The molecule has 0 spiro atoms. The number of rotatable bonds is 2. The van der Waals surface area contributed by atoms with Gasteiger partial charge in [0, 0.05) is 12.3 Å². The van der Waals surface area contributed by atoms with Gasteiger partial charge in [0.15, 0.2) is 11.5 Å². The Morgan fingerprint density at radius 3 is 2.56 bits per heavy atom. The van der Waals surface area contributed by atoms with Gasteiger partial charge in [0.05, 0.1) is 23.0 Å². The normalized spacial score (nSPS) is 10.0. The first-order valence-electron chi connectivity index (χ1n) is 4.36. The topological polar surface area (TPSA) is 108 Å². The highest BCUT2D eigenvalue weighted by atomic mass is 16.6. The van der Waals surface area contributed by atoms with E-state index in [1.165, 1.54) is 30.7 Å². The summed E-state index contributed by atoms with van der Waals surface area (Å²) < 4.78 is 0. The minimum absolute atomic E-state index is 0.132. The monoisotopic (exact) mass is 217 g/mol. The molecule has 0 aliphatic carbocycles. The van der Waals surface area contributed by atoms with Gasteiger partial charge in [0.25, 0.3) is 5.69 Å². The highest BCUT2D eigenvalue weighted by Gasteiger charge is 2.17. The van der Waals surface area contributed by atoms with Crippen LogP contribution < -0.4 is 5.73 Å². The van der Waals surface area contributed by atoms with Gasteiger partial charge in [-0.05, 0) is 6.07 Å². The van der Waals surface area contributed by atoms with Crippen molar-refractivity contribution in [2.45, 2.75) is 0 Å². The molecule has 0 saturated carbocycles. The van der Waals surface area contributed by atoms with E-state index in [4.69, 9.17) is 5.73 Å². The Hall–Kier alpha value is -2.57. The van der Waals surface area contributed by atoms with Gasteiger partial charge in [-0.3, -0.25) is 10.1 Å². The van der Waals surface area contributed by atoms with Crippen molar-refractivity contribution in [2.24, 2.45) is 0 Å². The number of nitrogens with zero attached hydrogens (tertiary/aromatic N) is 4. The van der Waals surface area contributed by atoms with E-state index in [-0.39, 0.29) is 17.2 Å². The van der Waals surface area contributed by atoms with Crippen molar-refractivity contribution in [2.75, 3.05) is 5.73 Å². The molecule has 0 aliphatic heterocycles. The van der Waals surface area contributed by atoms with E-state index in [1.54, 1.807) is 0 Å². The molecule has 7 heteroatoms. The summed E-state index contributed by atoms with van der Waals surface area (Å²) in [5.41, 5.74) is 5.81. The highest BCUT2D eigenvalue weighted by Crippen LogP contribution is 2.23. The third-order valence-corrected chi connectivity index (χ3v) is 1.87. The van der Waals surface area contributed by atoms with Crippen molar-refractivity contribution in [3.05, 3.63) is 40.8 Å². The zero-order valence-corrected chi connectivity index (χ0v) is 8.07. The number of pyridine rings is 1. The number of hydrogen-bond acceptors (Lipinski definition) is 6. The molecule has 2 aromatic rings. The van der Waals surface area contributed by atoms with Gasteiger partial charge >= 0.3 is 0 Å². The van der Waals surface area contributed by atoms with Crippen LogP contribution in [-0.4, -0.2) is 19.9 Å². The summed E-state index contributed by atoms with van der Waals surface area (Å²) in [6.45, 7) is 0. The first kappa shape index (κ1) is 9.97. The van der Waals surface area contributed by atoms with E-state index in [1.807, 2.05) is 0 Å². The van der Waals surface area contributed by atoms with Gasteiger partial charge in [0.1, 0.15) is 0 Å². The molecule has 0 aliphatic rings. The Morgan fingerprint density at radius 2 is 1.94 bits per heavy atom. The maximum Gasteiger partial charge on any atom is 0.298 e. The molecule has 16 heavy (non-hydrogen) atoms. The van der Waals surface area contributed by atoms with Crippen molar-refractivity contribution >= 4 is 11.4 Å². The lowest BCUT2D eigenvalue weighted by Crippen LogP contribution is -1.98. The van der Waals surface area contributed by atoms with E-state index in [2.05, 4.69) is 15.0 Å². The number of nitro groups is 1. The Balaban J connectivity index is 2.55. The third kappa shape index (κ3) is 1.78. The molecule has 2 heterocycles. The van der Waals surface area contributed by atoms with E-state index < -0.39 is 4.92 Å². The molecule has 2 N–H and O–H groups in total. The minimum atomic E-state index is -0.526. The first-order valence-corrected chi connectivity index (χ1v) is 4.36. The number of anilines is 1. The maximum absolute atomic E-state index is 10.7. The largest absolute Gasteiger partial charge is 0.396 e. The number of nitrogen functional groups attached to an aromatic ring is 1. The lowest BCUT2D eigenvalue weighted by Gasteiger charge is -1.99. The second kappa shape index (κ2) is 3.89. The van der Waals surface area contributed by atoms with E-state index in [0.717, 1.165) is 0 Å². The zero-order valence-electron chi connectivity index (χ0n) is 8.07. The van der Waals surface area contributed by atoms with Crippen LogP contribution in [0.15, 0.2) is 30.7 Å². The molecule has 0 radical (unpaired) electrons. The number of aromatic nitrogens is 3.